The Morgan fingerprint density at radius 1 is 1.16 bits per heavy atom. The fourth-order valence-corrected chi connectivity index (χ4v) is 4.27. The molecule has 1 aromatic rings. The molecule has 1 saturated heterocycles. The van der Waals surface area contributed by atoms with Crippen molar-refractivity contribution < 1.29 is 14.6 Å². The Hall–Kier alpha value is -1.59. The average molecular weight is 346 g/mol. The molecule has 0 aromatic heterocycles. The zero-order valence-electron chi connectivity index (χ0n) is 15.6. The van der Waals surface area contributed by atoms with E-state index in [1.807, 2.05) is 43.0 Å². The van der Waals surface area contributed by atoms with Crippen molar-refractivity contribution in [3.05, 3.63) is 29.8 Å². The van der Waals surface area contributed by atoms with Crippen LogP contribution in [0, 0.1) is 0 Å². The molecule has 5 heteroatoms. The number of hydrogen-bond donors (Lipinski definition) is 1. The Labute approximate surface area is 150 Å². The van der Waals surface area contributed by atoms with Crippen molar-refractivity contribution in [2.75, 3.05) is 33.3 Å². The highest BCUT2D eigenvalue weighted by Gasteiger charge is 2.39. The molecule has 1 aromatic carbocycles. The quantitative estimate of drug-likeness (QED) is 0.906. The fraction of sp³-hybridized carbons (Fsp3) is 0.650. The molecule has 2 fully saturated rings. The molecule has 1 saturated carbocycles. The number of aliphatic hydroxyl groups excluding tert-OH is 1. The molecule has 0 unspecified atom stereocenters. The number of carbonyl (C=O) groups is 1. The van der Waals surface area contributed by atoms with Gasteiger partial charge in [0.05, 0.1) is 18.6 Å². The number of rotatable bonds is 4. The number of para-hydroxylation sites is 1. The first kappa shape index (κ1) is 18.2. The second kappa shape index (κ2) is 7.34. The van der Waals surface area contributed by atoms with Gasteiger partial charge < -0.3 is 14.7 Å². The zero-order chi connectivity index (χ0) is 18.0. The Bertz CT molecular complexity index is 609. The number of aliphatic hydroxyl groups is 1. The van der Waals surface area contributed by atoms with Gasteiger partial charge in [-0.25, -0.2) is 0 Å². The summed E-state index contributed by atoms with van der Waals surface area (Å²) in [7, 11) is 1.64. The molecule has 1 aliphatic heterocycles. The topological polar surface area (TPSA) is 53.0 Å². The average Bonchev–Trinajstić information content (AvgIpc) is 3.07. The maximum absolute atomic E-state index is 13.2. The number of ether oxygens (including phenoxy) is 1. The van der Waals surface area contributed by atoms with Crippen LogP contribution in [0.15, 0.2) is 24.3 Å². The van der Waals surface area contributed by atoms with Gasteiger partial charge in [-0.2, -0.15) is 0 Å². The number of benzene rings is 1. The second-order valence-electron chi connectivity index (χ2n) is 7.72. The summed E-state index contributed by atoms with van der Waals surface area (Å²) in [5.74, 6) is 0.900. The number of carbonyl (C=O) groups excluding carboxylic acids is 1. The first-order valence-corrected chi connectivity index (χ1v) is 9.30. The van der Waals surface area contributed by atoms with Crippen molar-refractivity contribution in [2.45, 2.75) is 50.7 Å². The van der Waals surface area contributed by atoms with E-state index in [0.717, 1.165) is 56.8 Å². The van der Waals surface area contributed by atoms with Gasteiger partial charge in [-0.05, 0) is 39.2 Å². The number of amides is 1. The Kier molecular flexibility index (Phi) is 5.35. The van der Waals surface area contributed by atoms with Crippen molar-refractivity contribution >= 4 is 5.91 Å². The number of hydrogen-bond acceptors (Lipinski definition) is 4. The van der Waals surface area contributed by atoms with E-state index in [2.05, 4.69) is 4.90 Å². The van der Waals surface area contributed by atoms with Gasteiger partial charge in [-0.15, -0.1) is 0 Å². The van der Waals surface area contributed by atoms with Crippen LogP contribution >= 0.6 is 0 Å². The lowest BCUT2D eigenvalue weighted by Gasteiger charge is -2.41. The van der Waals surface area contributed by atoms with Gasteiger partial charge in [0.1, 0.15) is 5.75 Å². The summed E-state index contributed by atoms with van der Waals surface area (Å²) in [6.07, 6.45) is 2.88. The third kappa shape index (κ3) is 3.53. The normalized spacial score (nSPS) is 25.2. The molecule has 1 heterocycles. The molecule has 1 amide bonds. The minimum atomic E-state index is -0.623. The minimum absolute atomic E-state index is 0.142. The van der Waals surface area contributed by atoms with E-state index in [0.29, 0.717) is 0 Å². The smallest absolute Gasteiger partial charge is 0.232 e. The minimum Gasteiger partial charge on any atom is -0.496 e. The van der Waals surface area contributed by atoms with Gasteiger partial charge >= 0.3 is 0 Å². The van der Waals surface area contributed by atoms with Crippen LogP contribution in [0.3, 0.4) is 0 Å². The number of methoxy groups -OCH3 is 1. The monoisotopic (exact) mass is 346 g/mol. The summed E-state index contributed by atoms with van der Waals surface area (Å²) in [4.78, 5) is 17.5. The van der Waals surface area contributed by atoms with E-state index >= 15 is 0 Å². The summed E-state index contributed by atoms with van der Waals surface area (Å²) >= 11 is 0. The van der Waals surface area contributed by atoms with Crippen LogP contribution in [0.4, 0.5) is 0 Å². The maximum atomic E-state index is 13.2. The van der Waals surface area contributed by atoms with Crippen LogP contribution in [0.5, 0.6) is 5.75 Å². The first-order chi connectivity index (χ1) is 11.9. The summed E-state index contributed by atoms with van der Waals surface area (Å²) < 4.78 is 5.46. The Morgan fingerprint density at radius 3 is 2.44 bits per heavy atom. The Balaban J connectivity index is 1.67. The number of piperazine rings is 1. The van der Waals surface area contributed by atoms with Crippen molar-refractivity contribution in [2.24, 2.45) is 0 Å². The largest absolute Gasteiger partial charge is 0.496 e. The van der Waals surface area contributed by atoms with E-state index in [4.69, 9.17) is 4.74 Å². The predicted molar refractivity (Wildman–Crippen MR) is 97.8 cm³/mol. The molecule has 2 aliphatic rings. The van der Waals surface area contributed by atoms with Gasteiger partial charge in [0, 0.05) is 37.8 Å². The van der Waals surface area contributed by atoms with E-state index in [1.165, 1.54) is 0 Å². The van der Waals surface area contributed by atoms with Gasteiger partial charge in [-0.1, -0.05) is 18.2 Å². The lowest BCUT2D eigenvalue weighted by molar-refractivity contribution is -0.138. The highest BCUT2D eigenvalue weighted by molar-refractivity contribution is 5.88. The summed E-state index contributed by atoms with van der Waals surface area (Å²) in [6, 6.07) is 8.03. The lowest BCUT2D eigenvalue weighted by Crippen LogP contribution is -2.56. The summed E-state index contributed by atoms with van der Waals surface area (Å²) in [5, 5.41) is 10.1. The molecule has 0 spiro atoms. The van der Waals surface area contributed by atoms with Gasteiger partial charge in [0.15, 0.2) is 0 Å². The standard InChI is InChI=1S/C20H30N2O3/c1-20(2,15-7-4-5-10-18(15)25-3)19(24)22-13-11-21(12-14-22)16-8-6-9-17(16)23/h4-5,7,10,16-17,23H,6,8-9,11-14H2,1-3H3/t16-,17-/m1/s1. The molecule has 138 valence electrons. The van der Waals surface area contributed by atoms with Crippen LogP contribution in [0.1, 0.15) is 38.7 Å². The van der Waals surface area contributed by atoms with Gasteiger partial charge in [0.2, 0.25) is 5.91 Å². The van der Waals surface area contributed by atoms with E-state index < -0.39 is 5.41 Å². The molecule has 0 radical (unpaired) electrons. The van der Waals surface area contributed by atoms with Crippen molar-refractivity contribution in [3.8, 4) is 5.75 Å². The van der Waals surface area contributed by atoms with E-state index in [1.54, 1.807) is 7.11 Å². The molecule has 5 nitrogen and oxygen atoms in total. The van der Waals surface area contributed by atoms with Crippen molar-refractivity contribution in [3.63, 3.8) is 0 Å². The molecule has 25 heavy (non-hydrogen) atoms. The first-order valence-electron chi connectivity index (χ1n) is 9.30. The molecule has 3 rings (SSSR count). The van der Waals surface area contributed by atoms with Crippen LogP contribution in [-0.2, 0) is 10.2 Å². The Morgan fingerprint density at radius 2 is 1.84 bits per heavy atom. The van der Waals surface area contributed by atoms with E-state index in [9.17, 15) is 9.90 Å². The third-order valence-corrected chi connectivity index (χ3v) is 5.83. The molecule has 2 atom stereocenters. The van der Waals surface area contributed by atoms with Crippen molar-refractivity contribution in [1.82, 2.24) is 9.80 Å². The van der Waals surface area contributed by atoms with Gasteiger partial charge in [0.25, 0.3) is 0 Å². The molecule has 1 N–H and O–H groups in total. The number of nitrogens with zero attached hydrogens (tertiary/aromatic N) is 2. The molecular weight excluding hydrogens is 316 g/mol. The third-order valence-electron chi connectivity index (χ3n) is 5.83. The molecule has 0 bridgehead atoms. The second-order valence-corrected chi connectivity index (χ2v) is 7.72. The van der Waals surface area contributed by atoms with E-state index in [-0.39, 0.29) is 18.1 Å². The van der Waals surface area contributed by atoms with Gasteiger partial charge in [-0.3, -0.25) is 9.69 Å². The predicted octanol–water partition coefficient (Wildman–Crippen LogP) is 2.03. The highest BCUT2D eigenvalue weighted by atomic mass is 16.5. The van der Waals surface area contributed by atoms with Crippen LogP contribution in [0.2, 0.25) is 0 Å². The molecule has 1 aliphatic carbocycles. The van der Waals surface area contributed by atoms with Crippen LogP contribution in [-0.4, -0.2) is 66.2 Å². The SMILES string of the molecule is COc1ccccc1C(C)(C)C(=O)N1CCN([C@@H]2CCC[C@H]2O)CC1. The lowest BCUT2D eigenvalue weighted by atomic mass is 9.82. The van der Waals surface area contributed by atoms with Crippen molar-refractivity contribution in [1.29, 1.82) is 0 Å². The van der Waals surface area contributed by atoms with Crippen LogP contribution < -0.4 is 4.74 Å². The van der Waals surface area contributed by atoms with Crippen LogP contribution in [0.25, 0.3) is 0 Å². The fourth-order valence-electron chi connectivity index (χ4n) is 4.27. The summed E-state index contributed by atoms with van der Waals surface area (Å²) in [5.41, 5.74) is 0.304. The highest BCUT2D eigenvalue weighted by Crippen LogP contribution is 2.33. The zero-order valence-corrected chi connectivity index (χ0v) is 15.6. The molecular formula is C20H30N2O3. The summed E-state index contributed by atoms with van der Waals surface area (Å²) in [6.45, 7) is 7.08. The maximum Gasteiger partial charge on any atom is 0.232 e.